The summed E-state index contributed by atoms with van der Waals surface area (Å²) in [4.78, 5) is 15.8. The minimum Gasteiger partial charge on any atom is -0.465 e. The zero-order chi connectivity index (χ0) is 15.9. The summed E-state index contributed by atoms with van der Waals surface area (Å²) in [5.41, 5.74) is -1.10. The van der Waals surface area contributed by atoms with Crippen LogP contribution in [-0.4, -0.2) is 28.3 Å². The Kier molecular flexibility index (Phi) is 3.28. The second kappa shape index (κ2) is 5.14. The van der Waals surface area contributed by atoms with E-state index in [1.807, 2.05) is 0 Å². The van der Waals surface area contributed by atoms with Gasteiger partial charge in [-0.25, -0.2) is 22.9 Å². The molecule has 3 aromatic rings. The summed E-state index contributed by atoms with van der Waals surface area (Å²) in [6, 6.07) is 2.73. The van der Waals surface area contributed by atoms with Crippen molar-refractivity contribution in [3.63, 3.8) is 0 Å². The fourth-order valence-electron chi connectivity index (χ4n) is 2.08. The van der Waals surface area contributed by atoms with Crippen LogP contribution < -0.4 is 0 Å². The van der Waals surface area contributed by atoms with Gasteiger partial charge >= 0.3 is 5.97 Å². The summed E-state index contributed by atoms with van der Waals surface area (Å²) in [7, 11) is 1.12. The van der Waals surface area contributed by atoms with Crippen molar-refractivity contribution in [2.75, 3.05) is 7.11 Å². The van der Waals surface area contributed by atoms with Crippen LogP contribution in [0.25, 0.3) is 22.3 Å². The van der Waals surface area contributed by atoms with Crippen molar-refractivity contribution in [1.82, 2.24) is 15.2 Å². The van der Waals surface area contributed by atoms with Gasteiger partial charge in [-0.15, -0.1) is 0 Å². The van der Waals surface area contributed by atoms with Crippen LogP contribution in [0.4, 0.5) is 13.2 Å². The van der Waals surface area contributed by atoms with Gasteiger partial charge in [0.25, 0.3) is 0 Å². The minimum absolute atomic E-state index is 0.195. The first kappa shape index (κ1) is 14.1. The van der Waals surface area contributed by atoms with Crippen molar-refractivity contribution in [3.05, 3.63) is 47.4 Å². The highest BCUT2D eigenvalue weighted by atomic mass is 19.2. The molecule has 112 valence electrons. The molecular formula is C14H8F3N3O2. The Morgan fingerprint density at radius 2 is 1.95 bits per heavy atom. The lowest BCUT2D eigenvalue weighted by Crippen LogP contribution is -2.07. The van der Waals surface area contributed by atoms with E-state index in [4.69, 9.17) is 0 Å². The molecule has 8 heteroatoms. The van der Waals surface area contributed by atoms with Crippen LogP contribution in [-0.2, 0) is 4.74 Å². The van der Waals surface area contributed by atoms with Crippen LogP contribution in [0, 0.1) is 17.5 Å². The molecule has 0 fully saturated rings. The number of hydrogen-bond acceptors (Lipinski definition) is 4. The predicted molar refractivity (Wildman–Crippen MR) is 70.5 cm³/mol. The maximum atomic E-state index is 14.0. The van der Waals surface area contributed by atoms with Crippen molar-refractivity contribution in [2.24, 2.45) is 0 Å². The largest absolute Gasteiger partial charge is 0.465 e. The predicted octanol–water partition coefficient (Wildman–Crippen LogP) is 2.83. The van der Waals surface area contributed by atoms with Gasteiger partial charge < -0.3 is 4.74 Å². The van der Waals surface area contributed by atoms with E-state index in [0.29, 0.717) is 11.5 Å². The third kappa shape index (κ3) is 2.09. The van der Waals surface area contributed by atoms with Gasteiger partial charge in [-0.1, -0.05) is 0 Å². The molecule has 1 aromatic carbocycles. The van der Waals surface area contributed by atoms with Crippen LogP contribution in [0.15, 0.2) is 24.4 Å². The molecule has 0 aliphatic carbocycles. The molecule has 22 heavy (non-hydrogen) atoms. The van der Waals surface area contributed by atoms with Gasteiger partial charge in [-0.2, -0.15) is 5.10 Å². The van der Waals surface area contributed by atoms with E-state index in [0.717, 1.165) is 13.2 Å². The van der Waals surface area contributed by atoms with Gasteiger partial charge in [0, 0.05) is 5.39 Å². The number of H-pyrrole nitrogens is 1. The van der Waals surface area contributed by atoms with Crippen LogP contribution in [0.3, 0.4) is 0 Å². The Morgan fingerprint density at radius 1 is 1.23 bits per heavy atom. The number of fused-ring (bicyclic) bond motifs is 1. The number of aromatic amines is 1. The maximum absolute atomic E-state index is 14.0. The fraction of sp³-hybridized carbons (Fsp3) is 0.0714. The Hall–Kier alpha value is -2.90. The topological polar surface area (TPSA) is 67.9 Å². The number of pyridine rings is 1. The first-order valence-corrected chi connectivity index (χ1v) is 6.09. The number of nitrogens with zero attached hydrogens (tertiary/aromatic N) is 2. The van der Waals surface area contributed by atoms with Crippen LogP contribution in [0.1, 0.15) is 10.4 Å². The molecule has 0 aliphatic heterocycles. The van der Waals surface area contributed by atoms with Gasteiger partial charge in [0.05, 0.1) is 30.1 Å². The maximum Gasteiger partial charge on any atom is 0.340 e. The molecule has 1 N–H and O–H groups in total. The number of halogens is 3. The standard InChI is InChI=1S/C14H8F3N3O2/c1-22-14(21)7-4-6-5-18-20-13(6)19-12(7)10-8(15)2-3-9(16)11(10)17/h2-5H,1H3,(H,18,19,20). The summed E-state index contributed by atoms with van der Waals surface area (Å²) in [5.74, 6) is -4.58. The van der Waals surface area contributed by atoms with Crippen molar-refractivity contribution in [1.29, 1.82) is 0 Å². The van der Waals surface area contributed by atoms with Gasteiger partial charge in [0.15, 0.2) is 17.3 Å². The normalized spacial score (nSPS) is 10.9. The van der Waals surface area contributed by atoms with E-state index in [1.165, 1.54) is 12.3 Å². The average Bonchev–Trinajstić information content (AvgIpc) is 2.97. The Morgan fingerprint density at radius 3 is 2.68 bits per heavy atom. The molecule has 0 saturated carbocycles. The minimum atomic E-state index is -1.43. The van der Waals surface area contributed by atoms with Gasteiger partial charge in [0.2, 0.25) is 0 Å². The monoisotopic (exact) mass is 307 g/mol. The fourth-order valence-corrected chi connectivity index (χ4v) is 2.08. The Labute approximate surface area is 121 Å². The number of esters is 1. The summed E-state index contributed by atoms with van der Waals surface area (Å²) >= 11 is 0. The number of aromatic nitrogens is 3. The number of hydrogen-bond donors (Lipinski definition) is 1. The van der Waals surface area contributed by atoms with Crippen molar-refractivity contribution >= 4 is 17.0 Å². The molecule has 0 atom stereocenters. The number of ether oxygens (including phenoxy) is 1. The lowest BCUT2D eigenvalue weighted by molar-refractivity contribution is 0.0601. The van der Waals surface area contributed by atoms with Crippen molar-refractivity contribution < 1.29 is 22.7 Å². The Balaban J connectivity index is 2.38. The SMILES string of the molecule is COC(=O)c1cc2cn[nH]c2nc1-c1c(F)ccc(F)c1F. The molecule has 0 amide bonds. The molecule has 2 aromatic heterocycles. The summed E-state index contributed by atoms with van der Waals surface area (Å²) < 4.78 is 45.9. The van der Waals surface area contributed by atoms with Crippen LogP contribution in [0.2, 0.25) is 0 Å². The number of rotatable bonds is 2. The molecule has 0 aliphatic rings. The second-order valence-corrected chi connectivity index (χ2v) is 4.40. The van der Waals surface area contributed by atoms with E-state index in [1.54, 1.807) is 0 Å². The molecule has 5 nitrogen and oxygen atoms in total. The van der Waals surface area contributed by atoms with Crippen LogP contribution in [0.5, 0.6) is 0 Å². The number of carbonyl (C=O) groups excluding carboxylic acids is 1. The van der Waals surface area contributed by atoms with E-state index in [-0.39, 0.29) is 16.9 Å². The van der Waals surface area contributed by atoms with E-state index in [2.05, 4.69) is 19.9 Å². The van der Waals surface area contributed by atoms with Gasteiger partial charge in [-0.05, 0) is 18.2 Å². The number of nitrogens with one attached hydrogen (secondary N) is 1. The van der Waals surface area contributed by atoms with E-state index < -0.39 is 29.0 Å². The molecule has 0 saturated heterocycles. The lowest BCUT2D eigenvalue weighted by atomic mass is 10.0. The molecule has 0 spiro atoms. The first-order chi connectivity index (χ1) is 10.5. The van der Waals surface area contributed by atoms with Gasteiger partial charge in [0.1, 0.15) is 5.82 Å². The number of methoxy groups -OCH3 is 1. The van der Waals surface area contributed by atoms with E-state index in [9.17, 15) is 18.0 Å². The first-order valence-electron chi connectivity index (χ1n) is 6.09. The highest BCUT2D eigenvalue weighted by molar-refractivity contribution is 5.99. The smallest absolute Gasteiger partial charge is 0.340 e. The third-order valence-electron chi connectivity index (χ3n) is 3.11. The highest BCUT2D eigenvalue weighted by Crippen LogP contribution is 2.31. The second-order valence-electron chi connectivity index (χ2n) is 4.40. The lowest BCUT2D eigenvalue weighted by Gasteiger charge is -2.10. The highest BCUT2D eigenvalue weighted by Gasteiger charge is 2.24. The molecule has 0 radical (unpaired) electrons. The van der Waals surface area contributed by atoms with Crippen LogP contribution >= 0.6 is 0 Å². The zero-order valence-electron chi connectivity index (χ0n) is 11.2. The Bertz CT molecular complexity index is 892. The zero-order valence-corrected chi connectivity index (χ0v) is 11.2. The summed E-state index contributed by atoms with van der Waals surface area (Å²) in [6.45, 7) is 0. The molecule has 2 heterocycles. The summed E-state index contributed by atoms with van der Waals surface area (Å²) in [5, 5.41) is 6.68. The van der Waals surface area contributed by atoms with Crippen molar-refractivity contribution in [2.45, 2.75) is 0 Å². The number of benzene rings is 1. The van der Waals surface area contributed by atoms with Gasteiger partial charge in [-0.3, -0.25) is 5.10 Å². The quantitative estimate of drug-likeness (QED) is 0.584. The van der Waals surface area contributed by atoms with Crippen molar-refractivity contribution in [3.8, 4) is 11.3 Å². The third-order valence-corrected chi connectivity index (χ3v) is 3.11. The molecule has 0 bridgehead atoms. The van der Waals surface area contributed by atoms with E-state index >= 15 is 0 Å². The summed E-state index contributed by atoms with van der Waals surface area (Å²) in [6.07, 6.45) is 1.39. The molecule has 3 rings (SSSR count). The number of carbonyl (C=O) groups is 1. The molecule has 0 unspecified atom stereocenters. The average molecular weight is 307 g/mol. The molecular weight excluding hydrogens is 299 g/mol.